The predicted octanol–water partition coefficient (Wildman–Crippen LogP) is 4.87. The number of carbonyl (C=O) groups is 3. The number of ether oxygens (including phenoxy) is 2. The number of aryl methyl sites for hydroxylation is 1. The molecule has 3 saturated heterocycles. The van der Waals surface area contributed by atoms with Crippen LogP contribution in [0, 0.1) is 12.7 Å². The first-order valence-electron chi connectivity index (χ1n) is 17.6. The highest BCUT2D eigenvalue weighted by Crippen LogP contribution is 2.35. The van der Waals surface area contributed by atoms with Gasteiger partial charge < -0.3 is 29.5 Å². The van der Waals surface area contributed by atoms with E-state index >= 15 is 4.39 Å². The molecule has 3 aromatic rings. The molecule has 0 aliphatic carbocycles. The number of amides is 3. The summed E-state index contributed by atoms with van der Waals surface area (Å²) in [6.07, 6.45) is 2.18. The summed E-state index contributed by atoms with van der Waals surface area (Å²) in [5.74, 6) is -0.331. The zero-order chi connectivity index (χ0) is 36.2. The quantitative estimate of drug-likeness (QED) is 0.299. The van der Waals surface area contributed by atoms with E-state index in [4.69, 9.17) is 9.47 Å². The average molecular weight is 699 g/mol. The van der Waals surface area contributed by atoms with Crippen LogP contribution >= 0.6 is 0 Å². The molecule has 0 saturated carbocycles. The maximum atomic E-state index is 15.2. The van der Waals surface area contributed by atoms with Crippen LogP contribution in [0.25, 0.3) is 5.57 Å². The van der Waals surface area contributed by atoms with Gasteiger partial charge in [-0.05, 0) is 87.2 Å². The summed E-state index contributed by atoms with van der Waals surface area (Å²) in [7, 11) is 1.49. The lowest BCUT2D eigenvalue weighted by atomic mass is 9.94. The number of hydrogen-bond acceptors (Lipinski definition) is 8. The third kappa shape index (κ3) is 8.33. The molecule has 3 amide bonds. The highest BCUT2D eigenvalue weighted by Gasteiger charge is 2.38. The molecule has 270 valence electrons. The van der Waals surface area contributed by atoms with Crippen molar-refractivity contribution in [2.75, 3.05) is 57.8 Å². The number of piperidine rings is 1. The van der Waals surface area contributed by atoms with Crippen LogP contribution < -0.4 is 15.0 Å². The molecule has 2 unspecified atom stereocenters. The van der Waals surface area contributed by atoms with E-state index in [1.165, 1.54) is 13.2 Å². The second-order valence-electron chi connectivity index (χ2n) is 13.7. The van der Waals surface area contributed by atoms with Gasteiger partial charge in [-0.15, -0.1) is 0 Å². The predicted molar refractivity (Wildman–Crippen MR) is 193 cm³/mol. The van der Waals surface area contributed by atoms with E-state index in [1.807, 2.05) is 42.2 Å². The van der Waals surface area contributed by atoms with Crippen LogP contribution in [0.15, 0.2) is 61.3 Å². The molecule has 51 heavy (non-hydrogen) atoms. The Kier molecular flexibility index (Phi) is 10.9. The first kappa shape index (κ1) is 35.8. The molecule has 2 atom stereocenters. The van der Waals surface area contributed by atoms with E-state index < -0.39 is 11.9 Å². The first-order chi connectivity index (χ1) is 24.5. The zero-order valence-corrected chi connectivity index (χ0v) is 29.9. The monoisotopic (exact) mass is 698 g/mol. The Balaban J connectivity index is 1.19. The molecule has 0 radical (unpaired) electrons. The molecule has 3 aliphatic heterocycles. The molecule has 6 rings (SSSR count). The Morgan fingerprint density at radius 3 is 2.41 bits per heavy atom. The van der Waals surface area contributed by atoms with E-state index in [-0.39, 0.29) is 36.6 Å². The van der Waals surface area contributed by atoms with Crippen molar-refractivity contribution in [3.63, 3.8) is 0 Å². The number of halogens is 1. The minimum Gasteiger partial charge on any atom is -0.496 e. The fraction of sp³-hybridized carbons (Fsp3) is 0.436. The number of nitrogens with one attached hydrogen (secondary N) is 1. The average Bonchev–Trinajstić information content (AvgIpc) is 3.97. The molecule has 11 nitrogen and oxygen atoms in total. The maximum Gasteiger partial charge on any atom is 0.410 e. The van der Waals surface area contributed by atoms with E-state index in [9.17, 15) is 14.4 Å². The van der Waals surface area contributed by atoms with Gasteiger partial charge in [-0.25, -0.2) is 9.18 Å². The molecular weight excluding hydrogens is 651 g/mol. The molecule has 3 fully saturated rings. The molecule has 3 aliphatic rings. The molecule has 2 aromatic carbocycles. The zero-order valence-electron chi connectivity index (χ0n) is 29.9. The minimum absolute atomic E-state index is 0.0767. The van der Waals surface area contributed by atoms with E-state index in [1.54, 1.807) is 42.0 Å². The fourth-order valence-corrected chi connectivity index (χ4v) is 6.94. The van der Waals surface area contributed by atoms with Crippen molar-refractivity contribution in [2.24, 2.45) is 0 Å². The van der Waals surface area contributed by atoms with Crippen molar-refractivity contribution in [2.45, 2.75) is 58.3 Å². The van der Waals surface area contributed by atoms with Crippen molar-refractivity contribution in [3.05, 3.63) is 95.1 Å². The fourth-order valence-electron chi connectivity index (χ4n) is 6.94. The number of nitrogens with zero attached hydrogens (tertiary/aromatic N) is 5. The van der Waals surface area contributed by atoms with E-state index in [2.05, 4.69) is 21.8 Å². The van der Waals surface area contributed by atoms with Gasteiger partial charge in [0.05, 0.1) is 19.3 Å². The standard InChI is InChI=1S/C39H47FN6O5/c1-25(2)51-39(49)45-19-17-44(18-20-45)38(48)35-12-10-30(23-46(35)24-32-33(40)7-6-8-36(32)50-5)42-37(47)29-9-11-34(43-15-16-43)31(22-29)27(4)28-13-14-41-26(3)21-28/h6-9,11,13-14,21-22,25,30,35H,4,10,12,15-20,23-24H2,1-3,5H3,(H,42,47). The van der Waals surface area contributed by atoms with Crippen molar-refractivity contribution in [3.8, 4) is 5.75 Å². The second-order valence-corrected chi connectivity index (χ2v) is 13.7. The lowest BCUT2D eigenvalue weighted by Crippen LogP contribution is -2.59. The van der Waals surface area contributed by atoms with Gasteiger partial charge in [0, 0.05) is 92.7 Å². The third-order valence-electron chi connectivity index (χ3n) is 9.76. The Morgan fingerprint density at radius 1 is 0.980 bits per heavy atom. The summed E-state index contributed by atoms with van der Waals surface area (Å²) in [5.41, 5.74) is 5.44. The van der Waals surface area contributed by atoms with Gasteiger partial charge in [0.2, 0.25) is 5.91 Å². The van der Waals surface area contributed by atoms with Crippen LogP contribution in [-0.2, 0) is 16.1 Å². The summed E-state index contributed by atoms with van der Waals surface area (Å²) >= 11 is 0. The lowest BCUT2D eigenvalue weighted by molar-refractivity contribution is -0.140. The number of hydrogen-bond donors (Lipinski definition) is 1. The maximum absolute atomic E-state index is 15.2. The van der Waals surface area contributed by atoms with Crippen LogP contribution in [0.2, 0.25) is 0 Å². The Morgan fingerprint density at radius 2 is 1.73 bits per heavy atom. The topological polar surface area (TPSA) is 107 Å². The van der Waals surface area contributed by atoms with E-state index in [0.29, 0.717) is 62.4 Å². The number of aromatic nitrogens is 1. The van der Waals surface area contributed by atoms with Crippen LogP contribution in [0.1, 0.15) is 59.4 Å². The second kappa shape index (κ2) is 15.5. The van der Waals surface area contributed by atoms with Gasteiger partial charge in [-0.1, -0.05) is 12.6 Å². The summed E-state index contributed by atoms with van der Waals surface area (Å²) in [6, 6.07) is 13.5. The molecular formula is C39H47FN6O5. The van der Waals surface area contributed by atoms with Gasteiger partial charge in [0.25, 0.3) is 5.91 Å². The highest BCUT2D eigenvalue weighted by atomic mass is 19.1. The number of likely N-dealkylation sites (tertiary alicyclic amines) is 1. The van der Waals surface area contributed by atoms with Crippen LogP contribution in [0.3, 0.4) is 0 Å². The highest BCUT2D eigenvalue weighted by molar-refractivity contribution is 5.98. The number of methoxy groups -OCH3 is 1. The number of anilines is 1. The van der Waals surface area contributed by atoms with Crippen LogP contribution in [0.5, 0.6) is 5.75 Å². The normalized spacial score (nSPS) is 19.1. The molecule has 0 bridgehead atoms. The van der Waals surface area contributed by atoms with Gasteiger partial charge >= 0.3 is 6.09 Å². The van der Waals surface area contributed by atoms with Gasteiger partial charge in [-0.2, -0.15) is 0 Å². The van der Waals surface area contributed by atoms with Gasteiger partial charge in [0.15, 0.2) is 0 Å². The number of pyridine rings is 1. The van der Waals surface area contributed by atoms with Crippen molar-refractivity contribution in [1.29, 1.82) is 0 Å². The van der Waals surface area contributed by atoms with Crippen molar-refractivity contribution < 1.29 is 28.2 Å². The summed E-state index contributed by atoms with van der Waals surface area (Å²) in [4.78, 5) is 52.2. The largest absolute Gasteiger partial charge is 0.496 e. The molecule has 0 spiro atoms. The van der Waals surface area contributed by atoms with E-state index in [0.717, 1.165) is 41.2 Å². The molecule has 1 aromatic heterocycles. The van der Waals surface area contributed by atoms with Crippen LogP contribution in [-0.4, -0.2) is 109 Å². The summed E-state index contributed by atoms with van der Waals surface area (Å²) in [5, 5.41) is 3.20. The van der Waals surface area contributed by atoms with Crippen LogP contribution in [0.4, 0.5) is 14.9 Å². The van der Waals surface area contributed by atoms with Crippen molar-refractivity contribution in [1.82, 2.24) is 25.0 Å². The molecule has 1 N–H and O–H groups in total. The SMILES string of the molecule is C=C(c1ccnc(C)c1)c1cc(C(=O)NC2CCC(C(=O)N3CCN(C(=O)OC(C)C)CC3)N(Cc3c(F)cccc3OC)C2)ccc1N1CC1. The van der Waals surface area contributed by atoms with Gasteiger partial charge in [-0.3, -0.25) is 19.5 Å². The van der Waals surface area contributed by atoms with Gasteiger partial charge in [0.1, 0.15) is 11.6 Å². The number of rotatable bonds is 10. The number of benzene rings is 2. The summed E-state index contributed by atoms with van der Waals surface area (Å²) < 4.78 is 26.1. The lowest BCUT2D eigenvalue weighted by Gasteiger charge is -2.43. The third-order valence-corrected chi connectivity index (χ3v) is 9.76. The Hall–Kier alpha value is -4.97. The Labute approximate surface area is 299 Å². The number of carbonyl (C=O) groups excluding carboxylic acids is 3. The Bertz CT molecular complexity index is 1790. The van der Waals surface area contributed by atoms with Crippen molar-refractivity contribution >= 4 is 29.2 Å². The number of piperazine rings is 1. The first-order valence-corrected chi connectivity index (χ1v) is 17.6. The minimum atomic E-state index is -0.540. The molecule has 4 heterocycles. The smallest absolute Gasteiger partial charge is 0.410 e. The summed E-state index contributed by atoms with van der Waals surface area (Å²) in [6.45, 7) is 13.8. The molecule has 12 heteroatoms.